The average molecular weight is 98.1 g/mol. The van der Waals surface area contributed by atoms with E-state index in [-0.39, 0.29) is 0 Å². The molecule has 4 N–H and O–H groups in total. The van der Waals surface area contributed by atoms with Gasteiger partial charge in [-0.25, -0.2) is 0 Å². The van der Waals surface area contributed by atoms with Gasteiger partial charge in [0.05, 0.1) is 0 Å². The van der Waals surface area contributed by atoms with Crippen LogP contribution in [0.1, 0.15) is 6.92 Å². The molecule has 0 saturated carbocycles. The molecule has 0 heterocycles. The van der Waals surface area contributed by atoms with Gasteiger partial charge in [0.15, 0.2) is 0 Å². The van der Waals surface area contributed by atoms with Crippen molar-refractivity contribution in [2.75, 3.05) is 0 Å². The van der Waals surface area contributed by atoms with Crippen LogP contribution in [0.25, 0.3) is 0 Å². The minimum atomic E-state index is 0.600. The first-order chi connectivity index (χ1) is 3.31. The monoisotopic (exact) mass is 98.1 g/mol. The molecule has 2 heteroatoms. The van der Waals surface area contributed by atoms with E-state index >= 15 is 0 Å². The van der Waals surface area contributed by atoms with Crippen molar-refractivity contribution in [3.05, 3.63) is 24.0 Å². The maximum atomic E-state index is 5.23. The second-order valence-electron chi connectivity index (χ2n) is 1.17. The fraction of sp³-hybridized carbons (Fsp3) is 0.200. The zero-order valence-electron chi connectivity index (χ0n) is 4.39. The van der Waals surface area contributed by atoms with E-state index in [4.69, 9.17) is 11.5 Å². The molecule has 0 saturated heterocycles. The highest BCUT2D eigenvalue weighted by Gasteiger charge is 1.70. The molecule has 0 aliphatic carbocycles. The normalized spacial score (nSPS) is 13.0. The Hall–Kier alpha value is -0.920. The molecule has 0 atom stereocenters. The highest BCUT2D eigenvalue weighted by molar-refractivity contribution is 5.11. The third-order valence-corrected chi connectivity index (χ3v) is 0.552. The van der Waals surface area contributed by atoms with Crippen molar-refractivity contribution < 1.29 is 0 Å². The lowest BCUT2D eigenvalue weighted by molar-refractivity contribution is 1.36. The predicted octanol–water partition coefficient (Wildman–Crippen LogP) is 0.321. The summed E-state index contributed by atoms with van der Waals surface area (Å²) in [5.74, 6) is 0. The SMILES string of the molecule is CC=CC(N)=CN. The van der Waals surface area contributed by atoms with E-state index in [2.05, 4.69) is 0 Å². The molecule has 0 amide bonds. The summed E-state index contributed by atoms with van der Waals surface area (Å²) in [4.78, 5) is 0. The van der Waals surface area contributed by atoms with Gasteiger partial charge in [0, 0.05) is 11.9 Å². The molecule has 2 nitrogen and oxygen atoms in total. The van der Waals surface area contributed by atoms with Gasteiger partial charge in [0.25, 0.3) is 0 Å². The Kier molecular flexibility index (Phi) is 2.85. The van der Waals surface area contributed by atoms with Crippen molar-refractivity contribution in [2.24, 2.45) is 11.5 Å². The van der Waals surface area contributed by atoms with E-state index in [1.165, 1.54) is 6.20 Å². The maximum absolute atomic E-state index is 5.23. The van der Waals surface area contributed by atoms with Crippen molar-refractivity contribution >= 4 is 0 Å². The Morgan fingerprint density at radius 2 is 2.14 bits per heavy atom. The molecule has 0 bridgehead atoms. The molecule has 40 valence electrons. The van der Waals surface area contributed by atoms with Crippen LogP contribution in [0, 0.1) is 0 Å². The summed E-state index contributed by atoms with van der Waals surface area (Å²) in [6.45, 7) is 1.89. The smallest absolute Gasteiger partial charge is 0.0468 e. The second kappa shape index (κ2) is 3.28. The molecule has 0 aromatic carbocycles. The quantitative estimate of drug-likeness (QED) is 0.464. The van der Waals surface area contributed by atoms with Crippen molar-refractivity contribution in [3.8, 4) is 0 Å². The summed E-state index contributed by atoms with van der Waals surface area (Å²) >= 11 is 0. The van der Waals surface area contributed by atoms with E-state index in [1.807, 2.05) is 13.0 Å². The molecule has 0 radical (unpaired) electrons. The highest BCUT2D eigenvalue weighted by Crippen LogP contribution is 1.79. The van der Waals surface area contributed by atoms with Crippen molar-refractivity contribution in [3.63, 3.8) is 0 Å². The van der Waals surface area contributed by atoms with Gasteiger partial charge in [-0.2, -0.15) is 0 Å². The molecular weight excluding hydrogens is 88.1 g/mol. The van der Waals surface area contributed by atoms with E-state index in [1.54, 1.807) is 6.08 Å². The fourth-order valence-corrected chi connectivity index (χ4v) is 0.248. The van der Waals surface area contributed by atoms with Crippen molar-refractivity contribution in [1.82, 2.24) is 0 Å². The number of allylic oxidation sites excluding steroid dienone is 2. The molecule has 7 heavy (non-hydrogen) atoms. The maximum Gasteiger partial charge on any atom is 0.0468 e. The predicted molar refractivity (Wildman–Crippen MR) is 31.3 cm³/mol. The van der Waals surface area contributed by atoms with Gasteiger partial charge in [0.1, 0.15) is 0 Å². The molecule has 0 aliphatic rings. The Labute approximate surface area is 43.5 Å². The summed E-state index contributed by atoms with van der Waals surface area (Å²) in [6.07, 6.45) is 4.93. The Balaban J connectivity index is 3.58. The molecule has 0 spiro atoms. The molecule has 0 aliphatic heterocycles. The van der Waals surface area contributed by atoms with Crippen LogP contribution in [0.3, 0.4) is 0 Å². The van der Waals surface area contributed by atoms with Crippen LogP contribution < -0.4 is 11.5 Å². The highest BCUT2D eigenvalue weighted by atomic mass is 14.6. The first-order valence-electron chi connectivity index (χ1n) is 2.11. The van der Waals surface area contributed by atoms with Crippen molar-refractivity contribution in [1.29, 1.82) is 0 Å². The zero-order valence-corrected chi connectivity index (χ0v) is 4.39. The van der Waals surface area contributed by atoms with E-state index in [9.17, 15) is 0 Å². The van der Waals surface area contributed by atoms with Gasteiger partial charge in [-0.05, 0) is 13.0 Å². The van der Waals surface area contributed by atoms with Crippen LogP contribution >= 0.6 is 0 Å². The number of hydrogen-bond donors (Lipinski definition) is 2. The molecule has 0 unspecified atom stereocenters. The standard InChI is InChI=1S/C5H10N2/c1-2-3-5(7)4-6/h2-4H,6-7H2,1H3. The summed E-state index contributed by atoms with van der Waals surface area (Å²) < 4.78 is 0. The topological polar surface area (TPSA) is 52.0 Å². The van der Waals surface area contributed by atoms with Gasteiger partial charge < -0.3 is 11.5 Å². The largest absolute Gasteiger partial charge is 0.403 e. The van der Waals surface area contributed by atoms with Crippen molar-refractivity contribution in [2.45, 2.75) is 6.92 Å². The Morgan fingerprint density at radius 3 is 2.29 bits per heavy atom. The van der Waals surface area contributed by atoms with E-state index < -0.39 is 0 Å². The van der Waals surface area contributed by atoms with E-state index in [0.29, 0.717) is 5.70 Å². The number of hydrogen-bond acceptors (Lipinski definition) is 2. The van der Waals surface area contributed by atoms with Crippen LogP contribution in [0.2, 0.25) is 0 Å². The van der Waals surface area contributed by atoms with Gasteiger partial charge in [-0.15, -0.1) is 0 Å². The summed E-state index contributed by atoms with van der Waals surface area (Å²) in [6, 6.07) is 0. The summed E-state index contributed by atoms with van der Waals surface area (Å²) in [5.41, 5.74) is 10.9. The minimum absolute atomic E-state index is 0.600. The lowest BCUT2D eigenvalue weighted by Crippen LogP contribution is -1.95. The van der Waals surface area contributed by atoms with Gasteiger partial charge in [-0.3, -0.25) is 0 Å². The molecule has 0 rings (SSSR count). The van der Waals surface area contributed by atoms with Crippen LogP contribution in [-0.4, -0.2) is 0 Å². The molecular formula is C5H10N2. The van der Waals surface area contributed by atoms with E-state index in [0.717, 1.165) is 0 Å². The Bertz CT molecular complexity index is 92.3. The first-order valence-corrected chi connectivity index (χ1v) is 2.11. The van der Waals surface area contributed by atoms with Gasteiger partial charge >= 0.3 is 0 Å². The third kappa shape index (κ3) is 2.89. The van der Waals surface area contributed by atoms with Crippen LogP contribution in [0.4, 0.5) is 0 Å². The summed E-state index contributed by atoms with van der Waals surface area (Å²) in [7, 11) is 0. The van der Waals surface area contributed by atoms with Gasteiger partial charge in [-0.1, -0.05) is 6.08 Å². The molecule has 0 aromatic rings. The van der Waals surface area contributed by atoms with Gasteiger partial charge in [0.2, 0.25) is 0 Å². The fourth-order valence-electron chi connectivity index (χ4n) is 0.248. The van der Waals surface area contributed by atoms with Crippen LogP contribution in [-0.2, 0) is 0 Å². The lowest BCUT2D eigenvalue weighted by atomic mass is 10.4. The van der Waals surface area contributed by atoms with Crippen LogP contribution in [0.5, 0.6) is 0 Å². The second-order valence-corrected chi connectivity index (χ2v) is 1.17. The number of nitrogens with two attached hydrogens (primary N) is 2. The zero-order chi connectivity index (χ0) is 5.70. The Morgan fingerprint density at radius 1 is 1.57 bits per heavy atom. The number of rotatable bonds is 1. The third-order valence-electron chi connectivity index (χ3n) is 0.552. The molecule has 0 aromatic heterocycles. The minimum Gasteiger partial charge on any atom is -0.403 e. The first kappa shape index (κ1) is 6.08. The summed E-state index contributed by atoms with van der Waals surface area (Å²) in [5, 5.41) is 0. The average Bonchev–Trinajstić information content (AvgIpc) is 1.68. The molecule has 0 fully saturated rings. The lowest BCUT2D eigenvalue weighted by Gasteiger charge is -1.83. The van der Waals surface area contributed by atoms with Crippen LogP contribution in [0.15, 0.2) is 24.0 Å².